The molecule has 0 N–H and O–H groups in total. The standard InChI is InChI=1S/C11H15NO2/c1-2-12-14-10-6-9-13-11-7-4-3-5-8-11/h2-5,7-8H,6,9-10H2,1H3/b12-2+. The summed E-state index contributed by atoms with van der Waals surface area (Å²) in [5.41, 5.74) is 0. The molecule has 0 amide bonds. The second-order valence-corrected chi connectivity index (χ2v) is 2.71. The Balaban J connectivity index is 2.05. The fraction of sp³-hybridized carbons (Fsp3) is 0.364. The van der Waals surface area contributed by atoms with Gasteiger partial charge < -0.3 is 9.57 Å². The molecule has 76 valence electrons. The predicted molar refractivity (Wildman–Crippen MR) is 56.7 cm³/mol. The van der Waals surface area contributed by atoms with E-state index in [4.69, 9.17) is 9.57 Å². The normalized spacial score (nSPS) is 10.4. The van der Waals surface area contributed by atoms with Crippen molar-refractivity contribution in [3.63, 3.8) is 0 Å². The quantitative estimate of drug-likeness (QED) is 0.395. The molecule has 0 unspecified atom stereocenters. The van der Waals surface area contributed by atoms with Crippen LogP contribution >= 0.6 is 0 Å². The Hall–Kier alpha value is -1.51. The summed E-state index contributed by atoms with van der Waals surface area (Å²) in [5.74, 6) is 0.895. The van der Waals surface area contributed by atoms with Crippen molar-refractivity contribution >= 4 is 6.21 Å². The molecule has 0 aromatic heterocycles. The van der Waals surface area contributed by atoms with Crippen molar-refractivity contribution in [2.45, 2.75) is 13.3 Å². The van der Waals surface area contributed by atoms with Gasteiger partial charge in [-0.25, -0.2) is 0 Å². The van der Waals surface area contributed by atoms with E-state index in [9.17, 15) is 0 Å². The molecular formula is C11H15NO2. The summed E-state index contributed by atoms with van der Waals surface area (Å²) in [7, 11) is 0. The van der Waals surface area contributed by atoms with Gasteiger partial charge in [0, 0.05) is 12.6 Å². The van der Waals surface area contributed by atoms with Crippen LogP contribution in [0.25, 0.3) is 0 Å². The first kappa shape index (κ1) is 10.6. The van der Waals surface area contributed by atoms with E-state index in [1.807, 2.05) is 37.3 Å². The van der Waals surface area contributed by atoms with Crippen molar-refractivity contribution in [1.29, 1.82) is 0 Å². The minimum Gasteiger partial charge on any atom is -0.493 e. The van der Waals surface area contributed by atoms with Gasteiger partial charge in [-0.1, -0.05) is 23.4 Å². The number of hydrogen-bond acceptors (Lipinski definition) is 3. The Labute approximate surface area is 84.3 Å². The van der Waals surface area contributed by atoms with Crippen LogP contribution in [-0.4, -0.2) is 19.4 Å². The van der Waals surface area contributed by atoms with Gasteiger partial charge in [0.1, 0.15) is 12.4 Å². The highest BCUT2D eigenvalue weighted by molar-refractivity contribution is 5.52. The number of benzene rings is 1. The fourth-order valence-corrected chi connectivity index (χ4v) is 0.957. The summed E-state index contributed by atoms with van der Waals surface area (Å²) in [6, 6.07) is 9.74. The summed E-state index contributed by atoms with van der Waals surface area (Å²) in [6.45, 7) is 3.07. The second-order valence-electron chi connectivity index (χ2n) is 2.71. The molecule has 0 aliphatic carbocycles. The number of hydrogen-bond donors (Lipinski definition) is 0. The van der Waals surface area contributed by atoms with Crippen molar-refractivity contribution in [1.82, 2.24) is 0 Å². The molecule has 1 rings (SSSR count). The van der Waals surface area contributed by atoms with E-state index < -0.39 is 0 Å². The minimum atomic E-state index is 0.594. The van der Waals surface area contributed by atoms with Crippen LogP contribution in [0.4, 0.5) is 0 Å². The Morgan fingerprint density at radius 2 is 2.00 bits per heavy atom. The molecule has 3 heteroatoms. The van der Waals surface area contributed by atoms with Crippen molar-refractivity contribution in [2.24, 2.45) is 5.16 Å². The summed E-state index contributed by atoms with van der Waals surface area (Å²) >= 11 is 0. The number of para-hydroxylation sites is 1. The number of nitrogens with zero attached hydrogens (tertiary/aromatic N) is 1. The Morgan fingerprint density at radius 3 is 2.71 bits per heavy atom. The highest BCUT2D eigenvalue weighted by Gasteiger charge is 1.91. The first-order valence-corrected chi connectivity index (χ1v) is 4.71. The van der Waals surface area contributed by atoms with Crippen LogP contribution in [-0.2, 0) is 4.84 Å². The van der Waals surface area contributed by atoms with E-state index in [0.717, 1.165) is 12.2 Å². The smallest absolute Gasteiger partial charge is 0.120 e. The van der Waals surface area contributed by atoms with E-state index in [1.165, 1.54) is 0 Å². The molecule has 3 nitrogen and oxygen atoms in total. The van der Waals surface area contributed by atoms with Gasteiger partial charge in [-0.2, -0.15) is 0 Å². The van der Waals surface area contributed by atoms with E-state index in [2.05, 4.69) is 5.16 Å². The lowest BCUT2D eigenvalue weighted by atomic mass is 10.3. The van der Waals surface area contributed by atoms with Gasteiger partial charge >= 0.3 is 0 Å². The van der Waals surface area contributed by atoms with Gasteiger partial charge in [0.2, 0.25) is 0 Å². The van der Waals surface area contributed by atoms with Crippen LogP contribution in [0.1, 0.15) is 13.3 Å². The van der Waals surface area contributed by atoms with Crippen LogP contribution in [0, 0.1) is 0 Å². The van der Waals surface area contributed by atoms with Gasteiger partial charge in [0.25, 0.3) is 0 Å². The maximum atomic E-state index is 5.45. The summed E-state index contributed by atoms with van der Waals surface area (Å²) < 4.78 is 5.45. The zero-order chi connectivity index (χ0) is 10.1. The SMILES string of the molecule is C/C=N/OCCCOc1ccccc1. The molecule has 0 radical (unpaired) electrons. The highest BCUT2D eigenvalue weighted by Crippen LogP contribution is 2.08. The average molecular weight is 193 g/mol. The topological polar surface area (TPSA) is 30.8 Å². The molecule has 0 fully saturated rings. The zero-order valence-electron chi connectivity index (χ0n) is 8.35. The van der Waals surface area contributed by atoms with E-state index in [1.54, 1.807) is 6.21 Å². The van der Waals surface area contributed by atoms with E-state index >= 15 is 0 Å². The molecule has 1 aromatic rings. The average Bonchev–Trinajstić information content (AvgIpc) is 2.25. The van der Waals surface area contributed by atoms with Crippen molar-refractivity contribution in [2.75, 3.05) is 13.2 Å². The van der Waals surface area contributed by atoms with Crippen LogP contribution < -0.4 is 4.74 Å². The molecular weight excluding hydrogens is 178 g/mol. The van der Waals surface area contributed by atoms with Crippen LogP contribution in [0.5, 0.6) is 5.75 Å². The fourth-order valence-electron chi connectivity index (χ4n) is 0.957. The lowest BCUT2D eigenvalue weighted by molar-refractivity contribution is 0.129. The van der Waals surface area contributed by atoms with Crippen LogP contribution in [0.3, 0.4) is 0 Å². The molecule has 0 aliphatic rings. The molecule has 0 bridgehead atoms. The lowest BCUT2D eigenvalue weighted by Crippen LogP contribution is -2.00. The first-order chi connectivity index (χ1) is 6.93. The predicted octanol–water partition coefficient (Wildman–Crippen LogP) is 2.48. The van der Waals surface area contributed by atoms with Crippen molar-refractivity contribution in [3.05, 3.63) is 30.3 Å². The van der Waals surface area contributed by atoms with Gasteiger partial charge in [-0.05, 0) is 19.1 Å². The first-order valence-electron chi connectivity index (χ1n) is 4.71. The second kappa shape index (κ2) is 6.95. The summed E-state index contributed by atoms with van der Waals surface area (Å²) in [5, 5.41) is 3.64. The van der Waals surface area contributed by atoms with Gasteiger partial charge in [0.15, 0.2) is 0 Å². The molecule has 0 aliphatic heterocycles. The maximum Gasteiger partial charge on any atom is 0.120 e. The Bertz CT molecular complexity index is 259. The van der Waals surface area contributed by atoms with Gasteiger partial charge in [-0.15, -0.1) is 0 Å². The number of ether oxygens (including phenoxy) is 1. The molecule has 0 heterocycles. The largest absolute Gasteiger partial charge is 0.493 e. The number of oxime groups is 1. The third kappa shape index (κ3) is 4.50. The number of rotatable bonds is 6. The zero-order valence-corrected chi connectivity index (χ0v) is 8.35. The molecule has 1 aromatic carbocycles. The molecule has 0 atom stereocenters. The third-order valence-corrected chi connectivity index (χ3v) is 1.57. The molecule has 0 saturated heterocycles. The Morgan fingerprint density at radius 1 is 1.21 bits per heavy atom. The van der Waals surface area contributed by atoms with Crippen molar-refractivity contribution in [3.8, 4) is 5.75 Å². The van der Waals surface area contributed by atoms with E-state index in [-0.39, 0.29) is 0 Å². The minimum absolute atomic E-state index is 0.594. The third-order valence-electron chi connectivity index (χ3n) is 1.57. The highest BCUT2D eigenvalue weighted by atomic mass is 16.6. The maximum absolute atomic E-state index is 5.45. The summed E-state index contributed by atoms with van der Waals surface area (Å²) in [4.78, 5) is 4.91. The van der Waals surface area contributed by atoms with Gasteiger partial charge in [0.05, 0.1) is 6.61 Å². The van der Waals surface area contributed by atoms with E-state index in [0.29, 0.717) is 13.2 Å². The monoisotopic (exact) mass is 193 g/mol. The van der Waals surface area contributed by atoms with Crippen LogP contribution in [0.2, 0.25) is 0 Å². The summed E-state index contributed by atoms with van der Waals surface area (Å²) in [6.07, 6.45) is 2.46. The van der Waals surface area contributed by atoms with Crippen molar-refractivity contribution < 1.29 is 9.57 Å². The van der Waals surface area contributed by atoms with Crippen LogP contribution in [0.15, 0.2) is 35.5 Å². The molecule has 0 saturated carbocycles. The molecule has 0 spiro atoms. The molecule has 14 heavy (non-hydrogen) atoms. The lowest BCUT2D eigenvalue weighted by Gasteiger charge is -2.04. The van der Waals surface area contributed by atoms with Gasteiger partial charge in [-0.3, -0.25) is 0 Å². The Kier molecular flexibility index (Phi) is 5.25.